The van der Waals surface area contributed by atoms with E-state index in [9.17, 15) is 23.9 Å². The van der Waals surface area contributed by atoms with Crippen LogP contribution in [0.4, 0.5) is 4.39 Å². The average Bonchev–Trinajstić information content (AvgIpc) is 2.91. The lowest BCUT2D eigenvalue weighted by Crippen LogP contribution is -2.49. The Labute approximate surface area is 235 Å². The first-order valence-corrected chi connectivity index (χ1v) is 13.9. The number of halogens is 1. The van der Waals surface area contributed by atoms with E-state index >= 15 is 0 Å². The van der Waals surface area contributed by atoms with Crippen molar-refractivity contribution in [3.8, 4) is 0 Å². The molecule has 0 aliphatic rings. The number of unbranched alkanes of at least 4 members (excludes halogenated alkanes) is 5. The van der Waals surface area contributed by atoms with Crippen molar-refractivity contribution >= 4 is 17.8 Å². The molecule has 2 aromatic rings. The molecule has 2 aromatic carbocycles. The summed E-state index contributed by atoms with van der Waals surface area (Å²) in [6.45, 7) is 3.78. The van der Waals surface area contributed by atoms with Crippen LogP contribution in [0.3, 0.4) is 0 Å². The van der Waals surface area contributed by atoms with Crippen LogP contribution in [0.5, 0.6) is 0 Å². The number of ether oxygens (including phenoxy) is 2. The molecule has 0 heterocycles. The van der Waals surface area contributed by atoms with Crippen molar-refractivity contribution in [3.63, 3.8) is 0 Å². The van der Waals surface area contributed by atoms with E-state index in [4.69, 9.17) is 14.6 Å². The fraction of sp³-hybridized carbons (Fsp3) is 0.516. The number of benzene rings is 2. The second-order valence-corrected chi connectivity index (χ2v) is 10.1. The zero-order valence-corrected chi connectivity index (χ0v) is 23.5. The summed E-state index contributed by atoms with van der Waals surface area (Å²) in [6, 6.07) is 12.8. The summed E-state index contributed by atoms with van der Waals surface area (Å²) in [5.41, 5.74) is 4.83. The van der Waals surface area contributed by atoms with Gasteiger partial charge in [-0.15, -0.1) is 0 Å². The highest BCUT2D eigenvalue weighted by Gasteiger charge is 2.36. The summed E-state index contributed by atoms with van der Waals surface area (Å²) in [5.74, 6) is -3.69. The van der Waals surface area contributed by atoms with Crippen LogP contribution in [0.2, 0.25) is 0 Å². The van der Waals surface area contributed by atoms with Gasteiger partial charge in [0.05, 0.1) is 0 Å². The molecule has 8 nitrogen and oxygen atoms in total. The summed E-state index contributed by atoms with van der Waals surface area (Å²) in [7, 11) is 0. The van der Waals surface area contributed by atoms with Crippen molar-refractivity contribution in [3.05, 3.63) is 70.5 Å². The van der Waals surface area contributed by atoms with Gasteiger partial charge in [-0.05, 0) is 86.8 Å². The fourth-order valence-electron chi connectivity index (χ4n) is 4.30. The smallest absolute Gasteiger partial charge is 0.336 e. The molecule has 0 aliphatic heterocycles. The van der Waals surface area contributed by atoms with Gasteiger partial charge in [-0.2, -0.15) is 0 Å². The Morgan fingerprint density at radius 3 is 2.05 bits per heavy atom. The van der Waals surface area contributed by atoms with Crippen molar-refractivity contribution in [2.45, 2.75) is 83.8 Å². The van der Waals surface area contributed by atoms with Crippen LogP contribution >= 0.6 is 0 Å². The minimum atomic E-state index is -1.73. The van der Waals surface area contributed by atoms with Crippen LogP contribution < -0.4 is 5.32 Å². The van der Waals surface area contributed by atoms with E-state index < -0.39 is 36.7 Å². The number of amides is 1. The molecular weight excluding hydrogens is 517 g/mol. The summed E-state index contributed by atoms with van der Waals surface area (Å²) >= 11 is 0. The molecule has 9 heteroatoms. The predicted molar refractivity (Wildman–Crippen MR) is 150 cm³/mol. The summed E-state index contributed by atoms with van der Waals surface area (Å²) < 4.78 is 23.7. The number of carbonyl (C=O) groups excluding carboxylic acids is 1. The van der Waals surface area contributed by atoms with Crippen LogP contribution in [0.1, 0.15) is 67.2 Å². The average molecular weight is 560 g/mol. The SMILES string of the molecule is Cc1ccc(CCCCCOC(C(=O)NCCCCCCc2ccc(F)cc2)C(OCC(=O)O)C(=O)O)cc1C. The summed E-state index contributed by atoms with van der Waals surface area (Å²) in [4.78, 5) is 35.6. The third-order valence-electron chi connectivity index (χ3n) is 6.75. The molecule has 220 valence electrons. The molecule has 2 unspecified atom stereocenters. The van der Waals surface area contributed by atoms with E-state index in [1.54, 1.807) is 12.1 Å². The van der Waals surface area contributed by atoms with E-state index in [2.05, 4.69) is 37.4 Å². The molecule has 1 amide bonds. The lowest BCUT2D eigenvalue weighted by atomic mass is 10.0. The van der Waals surface area contributed by atoms with E-state index in [-0.39, 0.29) is 12.4 Å². The topological polar surface area (TPSA) is 122 Å². The quantitative estimate of drug-likeness (QED) is 0.195. The van der Waals surface area contributed by atoms with Gasteiger partial charge in [0, 0.05) is 13.2 Å². The van der Waals surface area contributed by atoms with Crippen molar-refractivity contribution in [1.82, 2.24) is 5.32 Å². The summed E-state index contributed by atoms with van der Waals surface area (Å²) in [5, 5.41) is 21.2. The number of hydrogen-bond acceptors (Lipinski definition) is 5. The first-order chi connectivity index (χ1) is 19.2. The maximum Gasteiger partial charge on any atom is 0.336 e. The number of carboxylic acids is 2. The number of hydrogen-bond donors (Lipinski definition) is 3. The molecule has 0 aliphatic carbocycles. The van der Waals surface area contributed by atoms with Gasteiger partial charge < -0.3 is 25.0 Å². The number of aliphatic carboxylic acids is 2. The van der Waals surface area contributed by atoms with E-state index in [0.717, 1.165) is 50.5 Å². The largest absolute Gasteiger partial charge is 0.480 e. The number of carboxylic acid groups (broad SMARTS) is 2. The van der Waals surface area contributed by atoms with Crippen LogP contribution in [0.15, 0.2) is 42.5 Å². The van der Waals surface area contributed by atoms with Crippen molar-refractivity contribution in [2.24, 2.45) is 0 Å². The molecule has 40 heavy (non-hydrogen) atoms. The Kier molecular flexibility index (Phi) is 14.9. The molecular formula is C31H42FNO7. The number of aryl methyl sites for hydroxylation is 4. The number of carbonyl (C=O) groups is 3. The van der Waals surface area contributed by atoms with Gasteiger partial charge in [-0.25, -0.2) is 14.0 Å². The Morgan fingerprint density at radius 2 is 1.40 bits per heavy atom. The molecule has 0 fully saturated rings. The van der Waals surface area contributed by atoms with Crippen LogP contribution in [0, 0.1) is 19.7 Å². The zero-order valence-electron chi connectivity index (χ0n) is 23.5. The Balaban J connectivity index is 1.77. The second-order valence-electron chi connectivity index (χ2n) is 10.1. The van der Waals surface area contributed by atoms with Gasteiger partial charge in [0.25, 0.3) is 5.91 Å². The number of nitrogens with one attached hydrogen (secondary N) is 1. The highest BCUT2D eigenvalue weighted by atomic mass is 19.1. The van der Waals surface area contributed by atoms with Gasteiger partial charge in [0.1, 0.15) is 12.4 Å². The Bertz CT molecular complexity index is 1070. The maximum absolute atomic E-state index is 13.0. The van der Waals surface area contributed by atoms with Crippen LogP contribution in [-0.2, 0) is 36.7 Å². The molecule has 0 radical (unpaired) electrons. The number of rotatable bonds is 20. The molecule has 3 N–H and O–H groups in total. The van der Waals surface area contributed by atoms with Crippen LogP contribution in [0.25, 0.3) is 0 Å². The van der Waals surface area contributed by atoms with Crippen molar-refractivity contribution in [2.75, 3.05) is 19.8 Å². The highest BCUT2D eigenvalue weighted by Crippen LogP contribution is 2.14. The standard InChI is InChI=1S/C31H42FNO7/c1-22-12-13-25(20-23(22)2)11-7-5-9-19-39-28(29(31(37)38)40-21-27(34)35)30(36)33-18-8-4-3-6-10-24-14-16-26(32)17-15-24/h12-17,20,28-29H,3-11,18-19,21H2,1-2H3,(H,33,36)(H,34,35)(H,37,38). The van der Waals surface area contributed by atoms with Crippen molar-refractivity contribution in [1.29, 1.82) is 0 Å². The van der Waals surface area contributed by atoms with Crippen LogP contribution in [-0.4, -0.2) is 60.0 Å². The van der Waals surface area contributed by atoms with Gasteiger partial charge in [-0.1, -0.05) is 49.6 Å². The van der Waals surface area contributed by atoms with Gasteiger partial charge in [0.2, 0.25) is 0 Å². The highest BCUT2D eigenvalue weighted by molar-refractivity contribution is 5.88. The van der Waals surface area contributed by atoms with E-state index in [1.165, 1.54) is 28.8 Å². The molecule has 0 aromatic heterocycles. The Morgan fingerprint density at radius 1 is 0.775 bits per heavy atom. The van der Waals surface area contributed by atoms with E-state index in [0.29, 0.717) is 19.4 Å². The monoisotopic (exact) mass is 559 g/mol. The molecule has 0 saturated carbocycles. The zero-order chi connectivity index (χ0) is 29.3. The normalized spacial score (nSPS) is 12.6. The summed E-state index contributed by atoms with van der Waals surface area (Å²) in [6.07, 6.45) is 4.32. The Hall–Kier alpha value is -3.30. The van der Waals surface area contributed by atoms with Crippen molar-refractivity contribution < 1.29 is 38.5 Å². The lowest BCUT2D eigenvalue weighted by Gasteiger charge is -2.23. The molecule has 2 rings (SSSR count). The first-order valence-electron chi connectivity index (χ1n) is 13.9. The molecule has 0 bridgehead atoms. The molecule has 0 spiro atoms. The fourth-order valence-corrected chi connectivity index (χ4v) is 4.30. The third-order valence-corrected chi connectivity index (χ3v) is 6.75. The van der Waals surface area contributed by atoms with E-state index in [1.807, 2.05) is 0 Å². The van der Waals surface area contributed by atoms with Gasteiger partial charge in [-0.3, -0.25) is 4.79 Å². The minimum absolute atomic E-state index is 0.147. The maximum atomic E-state index is 13.0. The second kappa shape index (κ2) is 18.1. The lowest BCUT2D eigenvalue weighted by molar-refractivity contribution is -0.172. The third kappa shape index (κ3) is 12.7. The predicted octanol–water partition coefficient (Wildman–Crippen LogP) is 5.01. The molecule has 2 atom stereocenters. The molecule has 0 saturated heterocycles. The minimum Gasteiger partial charge on any atom is -0.480 e. The van der Waals surface area contributed by atoms with Gasteiger partial charge >= 0.3 is 11.9 Å². The van der Waals surface area contributed by atoms with Gasteiger partial charge in [0.15, 0.2) is 12.2 Å². The first kappa shape index (κ1) is 32.9.